The van der Waals surface area contributed by atoms with Crippen molar-refractivity contribution in [2.45, 2.75) is 32.8 Å². The van der Waals surface area contributed by atoms with Gasteiger partial charge in [0.05, 0.1) is 17.0 Å². The van der Waals surface area contributed by atoms with Crippen LogP contribution in [0.5, 0.6) is 0 Å². The molecule has 0 radical (unpaired) electrons. The lowest BCUT2D eigenvalue weighted by molar-refractivity contribution is -0.154. The number of hydrogen-bond donors (Lipinski definition) is 1. The maximum Gasteiger partial charge on any atom is 0.308 e. The molecule has 0 amide bonds. The molecule has 19 heavy (non-hydrogen) atoms. The summed E-state index contributed by atoms with van der Waals surface area (Å²) in [6.07, 6.45) is 0.273. The zero-order valence-corrected chi connectivity index (χ0v) is 12.0. The highest BCUT2D eigenvalue weighted by Gasteiger charge is 2.15. The molecule has 0 aromatic heterocycles. The molecule has 0 spiro atoms. The van der Waals surface area contributed by atoms with E-state index < -0.39 is 5.60 Å². The average molecular weight is 281 g/mol. The van der Waals surface area contributed by atoms with Crippen LogP contribution < -0.4 is 5.32 Å². The molecule has 0 aliphatic heterocycles. The van der Waals surface area contributed by atoms with E-state index in [0.29, 0.717) is 17.1 Å². The first-order chi connectivity index (χ1) is 8.81. The minimum absolute atomic E-state index is 0.250. The number of carbonyl (C=O) groups excluding carboxylic acids is 1. The van der Waals surface area contributed by atoms with E-state index in [-0.39, 0.29) is 12.4 Å². The number of rotatable bonds is 4. The zero-order valence-electron chi connectivity index (χ0n) is 11.3. The first-order valence-corrected chi connectivity index (χ1v) is 6.35. The number of esters is 1. The van der Waals surface area contributed by atoms with Crippen molar-refractivity contribution in [3.63, 3.8) is 0 Å². The number of ether oxygens (including phenoxy) is 1. The summed E-state index contributed by atoms with van der Waals surface area (Å²) in [5.41, 5.74) is 0.737. The van der Waals surface area contributed by atoms with Gasteiger partial charge in [0.25, 0.3) is 0 Å². The Balaban J connectivity index is 2.44. The second-order valence-electron chi connectivity index (χ2n) is 5.07. The summed E-state index contributed by atoms with van der Waals surface area (Å²) >= 11 is 5.90. The topological polar surface area (TPSA) is 62.1 Å². The second kappa shape index (κ2) is 6.44. The first kappa shape index (κ1) is 15.3. The summed E-state index contributed by atoms with van der Waals surface area (Å²) in [6.45, 7) is 5.95. The summed E-state index contributed by atoms with van der Waals surface area (Å²) in [4.78, 5) is 11.5. The molecule has 0 atom stereocenters. The molecule has 1 aromatic carbocycles. The molecule has 0 bridgehead atoms. The van der Waals surface area contributed by atoms with Gasteiger partial charge in [0.2, 0.25) is 0 Å². The predicted molar refractivity (Wildman–Crippen MR) is 75.1 cm³/mol. The maximum absolute atomic E-state index is 11.5. The fourth-order valence-corrected chi connectivity index (χ4v) is 1.64. The smallest absolute Gasteiger partial charge is 0.308 e. The second-order valence-corrected chi connectivity index (χ2v) is 5.48. The van der Waals surface area contributed by atoms with Crippen molar-refractivity contribution in [2.75, 3.05) is 11.9 Å². The lowest BCUT2D eigenvalue weighted by atomic mass is 10.2. The molecule has 0 aliphatic carbocycles. The van der Waals surface area contributed by atoms with Crippen molar-refractivity contribution in [1.82, 2.24) is 0 Å². The summed E-state index contributed by atoms with van der Waals surface area (Å²) in [5, 5.41) is 12.2. The minimum atomic E-state index is -0.463. The molecule has 1 aromatic rings. The normalized spacial score (nSPS) is 10.7. The van der Waals surface area contributed by atoms with Crippen LogP contribution in [0.25, 0.3) is 0 Å². The van der Waals surface area contributed by atoms with Crippen LogP contribution >= 0.6 is 11.6 Å². The Labute approximate surface area is 118 Å². The standard InChI is InChI=1S/C14H17ClN2O2/c1-14(2,3)19-13(18)6-7-17-11-5-4-10(9-16)12(15)8-11/h4-5,8,17H,6-7H2,1-3H3. The molecule has 0 unspecified atom stereocenters. The predicted octanol–water partition coefficient (Wildman–Crippen LogP) is 3.36. The number of nitrogens with zero attached hydrogens (tertiary/aromatic N) is 1. The number of hydrogen-bond acceptors (Lipinski definition) is 4. The highest BCUT2D eigenvalue weighted by molar-refractivity contribution is 6.32. The van der Waals surface area contributed by atoms with Gasteiger partial charge in [0.1, 0.15) is 11.7 Å². The third-order valence-electron chi connectivity index (χ3n) is 2.17. The molecule has 0 saturated carbocycles. The SMILES string of the molecule is CC(C)(C)OC(=O)CCNc1ccc(C#N)c(Cl)c1. The fraction of sp³-hybridized carbons (Fsp3) is 0.429. The van der Waals surface area contributed by atoms with Gasteiger partial charge in [-0.15, -0.1) is 0 Å². The molecular formula is C14H17ClN2O2. The molecule has 0 aliphatic rings. The van der Waals surface area contributed by atoms with Gasteiger partial charge in [-0.3, -0.25) is 4.79 Å². The van der Waals surface area contributed by atoms with E-state index in [1.807, 2.05) is 26.8 Å². The molecular weight excluding hydrogens is 264 g/mol. The van der Waals surface area contributed by atoms with Crippen LogP contribution in [0.15, 0.2) is 18.2 Å². The Morgan fingerprint density at radius 3 is 2.68 bits per heavy atom. The Kier molecular flexibility index (Phi) is 5.20. The summed E-state index contributed by atoms with van der Waals surface area (Å²) in [5.74, 6) is -0.250. The van der Waals surface area contributed by atoms with Crippen molar-refractivity contribution in [1.29, 1.82) is 5.26 Å². The van der Waals surface area contributed by atoms with E-state index in [2.05, 4.69) is 5.32 Å². The van der Waals surface area contributed by atoms with Crippen molar-refractivity contribution >= 4 is 23.3 Å². The molecule has 4 nitrogen and oxygen atoms in total. The van der Waals surface area contributed by atoms with Crippen molar-refractivity contribution in [3.8, 4) is 6.07 Å². The van der Waals surface area contributed by atoms with Gasteiger partial charge in [-0.05, 0) is 39.0 Å². The number of anilines is 1. The third kappa shape index (κ3) is 5.62. The highest BCUT2D eigenvalue weighted by atomic mass is 35.5. The average Bonchev–Trinajstić information content (AvgIpc) is 2.26. The number of nitrogens with one attached hydrogen (secondary N) is 1. The Hall–Kier alpha value is -1.73. The molecule has 0 fully saturated rings. The van der Waals surface area contributed by atoms with Crippen molar-refractivity contribution < 1.29 is 9.53 Å². The molecule has 5 heteroatoms. The monoisotopic (exact) mass is 280 g/mol. The van der Waals surface area contributed by atoms with Crippen LogP contribution in [-0.4, -0.2) is 18.1 Å². The van der Waals surface area contributed by atoms with Crippen LogP contribution in [0.3, 0.4) is 0 Å². The molecule has 1 N–H and O–H groups in total. The quantitative estimate of drug-likeness (QED) is 0.859. The Morgan fingerprint density at radius 2 is 2.16 bits per heavy atom. The summed E-state index contributed by atoms with van der Waals surface area (Å²) in [6, 6.07) is 7.04. The van der Waals surface area contributed by atoms with Gasteiger partial charge in [-0.2, -0.15) is 5.26 Å². The van der Waals surface area contributed by atoms with E-state index >= 15 is 0 Å². The summed E-state index contributed by atoms with van der Waals surface area (Å²) in [7, 11) is 0. The maximum atomic E-state index is 11.5. The highest BCUT2D eigenvalue weighted by Crippen LogP contribution is 2.20. The van der Waals surface area contributed by atoms with Crippen LogP contribution in [0, 0.1) is 11.3 Å². The van der Waals surface area contributed by atoms with Crippen LogP contribution in [-0.2, 0) is 9.53 Å². The summed E-state index contributed by atoms with van der Waals surface area (Å²) < 4.78 is 5.19. The molecule has 0 heterocycles. The number of carbonyl (C=O) groups is 1. The van der Waals surface area contributed by atoms with Gasteiger partial charge in [0.15, 0.2) is 0 Å². The van der Waals surface area contributed by atoms with Gasteiger partial charge < -0.3 is 10.1 Å². The van der Waals surface area contributed by atoms with Gasteiger partial charge >= 0.3 is 5.97 Å². The number of halogens is 1. The van der Waals surface area contributed by atoms with E-state index in [1.165, 1.54) is 0 Å². The lowest BCUT2D eigenvalue weighted by Gasteiger charge is -2.19. The molecule has 1 rings (SSSR count). The fourth-order valence-electron chi connectivity index (χ4n) is 1.42. The van der Waals surface area contributed by atoms with E-state index in [4.69, 9.17) is 21.6 Å². The third-order valence-corrected chi connectivity index (χ3v) is 2.48. The minimum Gasteiger partial charge on any atom is -0.460 e. The molecule has 102 valence electrons. The Morgan fingerprint density at radius 1 is 1.47 bits per heavy atom. The van der Waals surface area contributed by atoms with Crippen molar-refractivity contribution in [2.24, 2.45) is 0 Å². The van der Waals surface area contributed by atoms with Crippen molar-refractivity contribution in [3.05, 3.63) is 28.8 Å². The van der Waals surface area contributed by atoms with Crippen LogP contribution in [0.2, 0.25) is 5.02 Å². The zero-order chi connectivity index (χ0) is 14.5. The first-order valence-electron chi connectivity index (χ1n) is 5.97. The van der Waals surface area contributed by atoms with Gasteiger partial charge in [-0.25, -0.2) is 0 Å². The lowest BCUT2D eigenvalue weighted by Crippen LogP contribution is -2.25. The largest absolute Gasteiger partial charge is 0.460 e. The van der Waals surface area contributed by atoms with Crippen LogP contribution in [0.1, 0.15) is 32.8 Å². The van der Waals surface area contributed by atoms with E-state index in [0.717, 1.165) is 5.69 Å². The van der Waals surface area contributed by atoms with Crippen LogP contribution in [0.4, 0.5) is 5.69 Å². The molecule has 0 saturated heterocycles. The number of nitriles is 1. The van der Waals surface area contributed by atoms with E-state index in [1.54, 1.807) is 18.2 Å². The number of benzene rings is 1. The van der Waals surface area contributed by atoms with Gasteiger partial charge in [-0.1, -0.05) is 11.6 Å². The van der Waals surface area contributed by atoms with Gasteiger partial charge in [0, 0.05) is 12.2 Å². The van der Waals surface area contributed by atoms with E-state index in [9.17, 15) is 4.79 Å². The Bertz CT molecular complexity index is 501.